The van der Waals surface area contributed by atoms with E-state index >= 15 is 0 Å². The van der Waals surface area contributed by atoms with Gasteiger partial charge in [-0.1, -0.05) is 18.2 Å². The summed E-state index contributed by atoms with van der Waals surface area (Å²) in [6, 6.07) is 10.7. The summed E-state index contributed by atoms with van der Waals surface area (Å²) in [5, 5.41) is 12.8. The number of nitrogens with one attached hydrogen (secondary N) is 1. The Morgan fingerprint density at radius 1 is 1.30 bits per heavy atom. The van der Waals surface area contributed by atoms with Gasteiger partial charge in [-0.25, -0.2) is 0 Å². The van der Waals surface area contributed by atoms with E-state index in [2.05, 4.69) is 17.1 Å². The average molecular weight is 278 g/mol. The molecule has 1 heterocycles. The molecular formula is C16H26N2O2. The molecule has 0 saturated carbocycles. The van der Waals surface area contributed by atoms with Crippen LogP contribution in [0.3, 0.4) is 0 Å². The summed E-state index contributed by atoms with van der Waals surface area (Å²) in [5.41, 5.74) is 0. The van der Waals surface area contributed by atoms with Gasteiger partial charge in [-0.15, -0.1) is 0 Å². The van der Waals surface area contributed by atoms with E-state index in [0.29, 0.717) is 6.04 Å². The van der Waals surface area contributed by atoms with Crippen molar-refractivity contribution in [2.45, 2.75) is 31.8 Å². The van der Waals surface area contributed by atoms with Gasteiger partial charge in [0.1, 0.15) is 5.75 Å². The van der Waals surface area contributed by atoms with E-state index in [0.717, 1.165) is 44.8 Å². The second kappa shape index (κ2) is 8.25. The number of benzene rings is 1. The van der Waals surface area contributed by atoms with E-state index in [-0.39, 0.29) is 12.6 Å². The molecule has 2 atom stereocenters. The molecule has 0 bridgehead atoms. The average Bonchev–Trinajstić information content (AvgIpc) is 2.48. The number of hydrogen-bond acceptors (Lipinski definition) is 4. The van der Waals surface area contributed by atoms with Crippen LogP contribution in [0.15, 0.2) is 30.3 Å². The Hall–Kier alpha value is -1.10. The van der Waals surface area contributed by atoms with Crippen molar-refractivity contribution in [1.82, 2.24) is 10.2 Å². The SMILES string of the molecule is CC1CN(CCCCOc2ccccc2)C(CO)CN1. The first-order chi connectivity index (χ1) is 9.79. The van der Waals surface area contributed by atoms with Gasteiger partial charge in [0.05, 0.1) is 13.2 Å². The Morgan fingerprint density at radius 3 is 2.85 bits per heavy atom. The van der Waals surface area contributed by atoms with Gasteiger partial charge in [0.15, 0.2) is 0 Å². The lowest BCUT2D eigenvalue weighted by molar-refractivity contribution is 0.0816. The van der Waals surface area contributed by atoms with Gasteiger partial charge in [0, 0.05) is 25.2 Å². The van der Waals surface area contributed by atoms with Gasteiger partial charge in [0.2, 0.25) is 0 Å². The molecule has 1 aromatic rings. The first-order valence-corrected chi connectivity index (χ1v) is 7.55. The van der Waals surface area contributed by atoms with E-state index in [1.54, 1.807) is 0 Å². The minimum atomic E-state index is 0.236. The fourth-order valence-electron chi connectivity index (χ4n) is 2.61. The van der Waals surface area contributed by atoms with Crippen LogP contribution < -0.4 is 10.1 Å². The van der Waals surface area contributed by atoms with Gasteiger partial charge in [-0.3, -0.25) is 4.90 Å². The summed E-state index contributed by atoms with van der Waals surface area (Å²) in [4.78, 5) is 2.39. The van der Waals surface area contributed by atoms with E-state index in [1.165, 1.54) is 0 Å². The number of rotatable bonds is 7. The van der Waals surface area contributed by atoms with Crippen LogP contribution in [0.25, 0.3) is 0 Å². The lowest BCUT2D eigenvalue weighted by Crippen LogP contribution is -2.56. The number of piperazine rings is 1. The molecule has 0 amide bonds. The second-order valence-corrected chi connectivity index (χ2v) is 5.51. The smallest absolute Gasteiger partial charge is 0.119 e. The van der Waals surface area contributed by atoms with Crippen molar-refractivity contribution in [3.05, 3.63) is 30.3 Å². The largest absolute Gasteiger partial charge is 0.494 e. The quantitative estimate of drug-likeness (QED) is 0.742. The topological polar surface area (TPSA) is 44.7 Å². The van der Waals surface area contributed by atoms with Crippen LogP contribution in [0, 0.1) is 0 Å². The van der Waals surface area contributed by atoms with Crippen molar-refractivity contribution in [3.8, 4) is 5.75 Å². The third-order valence-electron chi connectivity index (χ3n) is 3.79. The monoisotopic (exact) mass is 278 g/mol. The first kappa shape index (κ1) is 15.3. The van der Waals surface area contributed by atoms with Crippen LogP contribution in [0.2, 0.25) is 0 Å². The lowest BCUT2D eigenvalue weighted by Gasteiger charge is -2.38. The van der Waals surface area contributed by atoms with Crippen LogP contribution in [-0.4, -0.2) is 54.9 Å². The second-order valence-electron chi connectivity index (χ2n) is 5.51. The standard InChI is InChI=1S/C16H26N2O2/c1-14-12-18(15(13-19)11-17-14)9-5-6-10-20-16-7-3-2-4-8-16/h2-4,7-8,14-15,17,19H,5-6,9-13H2,1H3. The number of para-hydroxylation sites is 1. The zero-order chi connectivity index (χ0) is 14.2. The number of unbranched alkanes of at least 4 members (excludes halogenated alkanes) is 1. The molecule has 1 saturated heterocycles. The molecule has 4 nitrogen and oxygen atoms in total. The van der Waals surface area contributed by atoms with Crippen molar-refractivity contribution in [2.24, 2.45) is 0 Å². The van der Waals surface area contributed by atoms with Crippen molar-refractivity contribution in [3.63, 3.8) is 0 Å². The lowest BCUT2D eigenvalue weighted by atomic mass is 10.1. The normalized spacial score (nSPS) is 23.7. The van der Waals surface area contributed by atoms with Crippen molar-refractivity contribution in [1.29, 1.82) is 0 Å². The molecule has 112 valence electrons. The fraction of sp³-hybridized carbons (Fsp3) is 0.625. The Bertz CT molecular complexity index is 372. The van der Waals surface area contributed by atoms with Crippen molar-refractivity contribution < 1.29 is 9.84 Å². The van der Waals surface area contributed by atoms with Gasteiger partial charge in [0.25, 0.3) is 0 Å². The molecule has 1 fully saturated rings. The Morgan fingerprint density at radius 2 is 2.10 bits per heavy atom. The van der Waals surface area contributed by atoms with Gasteiger partial charge < -0.3 is 15.2 Å². The Kier molecular flexibility index (Phi) is 6.30. The summed E-state index contributed by atoms with van der Waals surface area (Å²) in [5.74, 6) is 0.941. The molecule has 2 unspecified atom stereocenters. The highest BCUT2D eigenvalue weighted by Crippen LogP contribution is 2.11. The van der Waals surface area contributed by atoms with Crippen molar-refractivity contribution in [2.75, 3.05) is 32.8 Å². The van der Waals surface area contributed by atoms with Crippen LogP contribution in [0.5, 0.6) is 5.75 Å². The van der Waals surface area contributed by atoms with Crippen LogP contribution in [-0.2, 0) is 0 Å². The summed E-state index contributed by atoms with van der Waals surface area (Å²) in [6.45, 7) is 6.13. The summed E-state index contributed by atoms with van der Waals surface area (Å²) >= 11 is 0. The fourth-order valence-corrected chi connectivity index (χ4v) is 2.61. The highest BCUT2D eigenvalue weighted by Gasteiger charge is 2.24. The predicted molar refractivity (Wildman–Crippen MR) is 81.1 cm³/mol. The van der Waals surface area contributed by atoms with Crippen molar-refractivity contribution >= 4 is 0 Å². The zero-order valence-electron chi connectivity index (χ0n) is 12.3. The number of aliphatic hydroxyl groups excluding tert-OH is 1. The predicted octanol–water partition coefficient (Wildman–Crippen LogP) is 1.50. The number of aliphatic hydroxyl groups is 1. The van der Waals surface area contributed by atoms with E-state index < -0.39 is 0 Å². The number of nitrogens with zero attached hydrogens (tertiary/aromatic N) is 1. The van der Waals surface area contributed by atoms with Gasteiger partial charge in [-0.05, 0) is 38.4 Å². The molecule has 0 aromatic heterocycles. The van der Waals surface area contributed by atoms with Gasteiger partial charge in [-0.2, -0.15) is 0 Å². The van der Waals surface area contributed by atoms with Crippen LogP contribution >= 0.6 is 0 Å². The van der Waals surface area contributed by atoms with Gasteiger partial charge >= 0.3 is 0 Å². The van der Waals surface area contributed by atoms with E-state index in [9.17, 15) is 5.11 Å². The molecule has 0 radical (unpaired) electrons. The Labute approximate surface area is 121 Å². The molecule has 2 rings (SSSR count). The molecule has 20 heavy (non-hydrogen) atoms. The van der Waals surface area contributed by atoms with E-state index in [4.69, 9.17) is 4.74 Å². The third kappa shape index (κ3) is 4.78. The first-order valence-electron chi connectivity index (χ1n) is 7.55. The van der Waals surface area contributed by atoms with Crippen LogP contribution in [0.1, 0.15) is 19.8 Å². The molecule has 2 N–H and O–H groups in total. The van der Waals surface area contributed by atoms with E-state index in [1.807, 2.05) is 30.3 Å². The zero-order valence-corrected chi connectivity index (χ0v) is 12.3. The maximum Gasteiger partial charge on any atom is 0.119 e. The maximum absolute atomic E-state index is 9.39. The minimum Gasteiger partial charge on any atom is -0.494 e. The summed E-state index contributed by atoms with van der Waals surface area (Å²) in [6.07, 6.45) is 2.15. The molecule has 4 heteroatoms. The molecule has 1 aliphatic rings. The summed E-state index contributed by atoms with van der Waals surface area (Å²) < 4.78 is 5.69. The molecule has 1 aromatic carbocycles. The third-order valence-corrected chi connectivity index (χ3v) is 3.79. The Balaban J connectivity index is 1.62. The summed E-state index contributed by atoms with van der Waals surface area (Å²) in [7, 11) is 0. The maximum atomic E-state index is 9.39. The molecular weight excluding hydrogens is 252 g/mol. The molecule has 1 aliphatic heterocycles. The number of hydrogen-bond donors (Lipinski definition) is 2. The minimum absolute atomic E-state index is 0.236. The highest BCUT2D eigenvalue weighted by atomic mass is 16.5. The molecule has 0 spiro atoms. The van der Waals surface area contributed by atoms with Crippen LogP contribution in [0.4, 0.5) is 0 Å². The highest BCUT2D eigenvalue weighted by molar-refractivity contribution is 5.20. The number of ether oxygens (including phenoxy) is 1. The molecule has 0 aliphatic carbocycles.